The minimum atomic E-state index is -0.205. The molecule has 5 rings (SSSR count). The van der Waals surface area contributed by atoms with E-state index in [0.29, 0.717) is 35.9 Å². The highest BCUT2D eigenvalue weighted by molar-refractivity contribution is 6.04. The Kier molecular flexibility index (Phi) is 7.51. The molecule has 8 nitrogen and oxygen atoms in total. The molecule has 0 amide bonds. The molecule has 2 aromatic carbocycles. The van der Waals surface area contributed by atoms with E-state index in [1.54, 1.807) is 4.57 Å². The highest BCUT2D eigenvalue weighted by Gasteiger charge is 2.18. The van der Waals surface area contributed by atoms with Gasteiger partial charge in [-0.3, -0.25) is 9.25 Å². The van der Waals surface area contributed by atoms with Crippen LogP contribution >= 0.6 is 0 Å². The summed E-state index contributed by atoms with van der Waals surface area (Å²) >= 11 is 0. The van der Waals surface area contributed by atoms with E-state index in [9.17, 15) is 4.79 Å². The molecule has 1 aliphatic heterocycles. The SMILES string of the molecule is C=NC(=Nc1c(C)[nH]c(=O)n1Cc1ccc(-c2cnn(C3CCOCC3)c2)cc1)c1ccccc1C(C)C. The van der Waals surface area contributed by atoms with Crippen molar-refractivity contribution in [2.45, 2.75) is 52.1 Å². The van der Waals surface area contributed by atoms with E-state index in [1.165, 1.54) is 0 Å². The van der Waals surface area contributed by atoms with Crippen molar-refractivity contribution in [2.75, 3.05) is 13.2 Å². The molecule has 196 valence electrons. The normalized spacial score (nSPS) is 14.8. The average molecular weight is 511 g/mol. The smallest absolute Gasteiger partial charge is 0.327 e. The molecule has 3 heterocycles. The molecule has 1 fully saturated rings. The molecule has 0 spiro atoms. The predicted molar refractivity (Wildman–Crippen MR) is 152 cm³/mol. The topological polar surface area (TPSA) is 89.6 Å². The summed E-state index contributed by atoms with van der Waals surface area (Å²) in [5.74, 6) is 1.36. The number of nitrogens with zero attached hydrogens (tertiary/aromatic N) is 5. The molecular formula is C30H34N6O2. The number of imidazole rings is 1. The Labute approximate surface area is 222 Å². The Morgan fingerprint density at radius 3 is 2.58 bits per heavy atom. The van der Waals surface area contributed by atoms with E-state index >= 15 is 0 Å². The molecule has 0 aliphatic carbocycles. The molecule has 38 heavy (non-hydrogen) atoms. The quantitative estimate of drug-likeness (QED) is 0.257. The lowest BCUT2D eigenvalue weighted by Crippen LogP contribution is -2.19. The number of aliphatic imine (C=N–C) groups is 2. The van der Waals surface area contributed by atoms with Crippen molar-refractivity contribution in [2.24, 2.45) is 9.98 Å². The molecular weight excluding hydrogens is 476 g/mol. The van der Waals surface area contributed by atoms with Gasteiger partial charge >= 0.3 is 5.69 Å². The second kappa shape index (κ2) is 11.1. The van der Waals surface area contributed by atoms with Gasteiger partial charge in [-0.15, -0.1) is 0 Å². The van der Waals surface area contributed by atoms with Gasteiger partial charge in [0.2, 0.25) is 0 Å². The van der Waals surface area contributed by atoms with Crippen molar-refractivity contribution in [3.05, 3.63) is 93.8 Å². The molecule has 4 aromatic rings. The summed E-state index contributed by atoms with van der Waals surface area (Å²) in [6, 6.07) is 16.7. The minimum absolute atomic E-state index is 0.205. The van der Waals surface area contributed by atoms with Crippen LogP contribution in [0.4, 0.5) is 5.82 Å². The molecule has 0 saturated carbocycles. The summed E-state index contributed by atoms with van der Waals surface area (Å²) in [6.45, 7) is 11.8. The minimum Gasteiger partial charge on any atom is -0.381 e. The maximum Gasteiger partial charge on any atom is 0.327 e. The zero-order chi connectivity index (χ0) is 26.6. The van der Waals surface area contributed by atoms with Crippen LogP contribution in [-0.2, 0) is 11.3 Å². The summed E-state index contributed by atoms with van der Waals surface area (Å²) in [6.07, 6.45) is 6.00. The van der Waals surface area contributed by atoms with Crippen molar-refractivity contribution in [1.29, 1.82) is 0 Å². The van der Waals surface area contributed by atoms with E-state index in [0.717, 1.165) is 53.9 Å². The first-order valence-electron chi connectivity index (χ1n) is 13.1. The fraction of sp³-hybridized carbons (Fsp3) is 0.333. The van der Waals surface area contributed by atoms with Gasteiger partial charge in [0.15, 0.2) is 11.7 Å². The number of H-pyrrole nitrogens is 1. The van der Waals surface area contributed by atoms with E-state index < -0.39 is 0 Å². The van der Waals surface area contributed by atoms with E-state index in [1.807, 2.05) is 43.5 Å². The summed E-state index contributed by atoms with van der Waals surface area (Å²) in [5.41, 5.74) is 5.71. The molecule has 1 saturated heterocycles. The van der Waals surface area contributed by atoms with Gasteiger partial charge < -0.3 is 9.72 Å². The highest BCUT2D eigenvalue weighted by Crippen LogP contribution is 2.26. The Hall–Kier alpha value is -4.04. The van der Waals surface area contributed by atoms with E-state index in [-0.39, 0.29) is 5.69 Å². The number of aromatic nitrogens is 4. The van der Waals surface area contributed by atoms with Crippen molar-refractivity contribution < 1.29 is 4.74 Å². The maximum absolute atomic E-state index is 12.9. The van der Waals surface area contributed by atoms with Crippen LogP contribution in [0.3, 0.4) is 0 Å². The number of hydrogen-bond donors (Lipinski definition) is 1. The zero-order valence-electron chi connectivity index (χ0n) is 22.2. The summed E-state index contributed by atoms with van der Waals surface area (Å²) < 4.78 is 9.18. The van der Waals surface area contributed by atoms with Gasteiger partial charge in [0.25, 0.3) is 0 Å². The molecule has 8 heteroatoms. The third-order valence-corrected chi connectivity index (χ3v) is 7.11. The van der Waals surface area contributed by atoms with Gasteiger partial charge in [0.05, 0.1) is 24.5 Å². The first kappa shape index (κ1) is 25.6. The van der Waals surface area contributed by atoms with Crippen LogP contribution < -0.4 is 5.69 Å². The molecule has 2 aromatic heterocycles. The number of rotatable bonds is 7. The zero-order valence-corrected chi connectivity index (χ0v) is 22.2. The van der Waals surface area contributed by atoms with Crippen LogP contribution in [0.5, 0.6) is 0 Å². The van der Waals surface area contributed by atoms with Crippen LogP contribution in [0.15, 0.2) is 75.7 Å². The third-order valence-electron chi connectivity index (χ3n) is 7.11. The second-order valence-electron chi connectivity index (χ2n) is 10.0. The standard InChI is InChI=1S/C30H34N6O2/c1-20(2)26-7-5-6-8-27(26)28(31-4)34-29-21(3)33-30(37)35(29)18-22-9-11-23(12-10-22)24-17-32-36(19-24)25-13-15-38-16-14-25/h5-12,17,19-20,25H,4,13-16,18H2,1-3H3,(H,33,37). The lowest BCUT2D eigenvalue weighted by Gasteiger charge is -2.22. The fourth-order valence-corrected chi connectivity index (χ4v) is 4.98. The predicted octanol–water partition coefficient (Wildman–Crippen LogP) is 5.65. The molecule has 1 aliphatic rings. The summed E-state index contributed by atoms with van der Waals surface area (Å²) in [4.78, 5) is 24.8. The number of aromatic amines is 1. The third kappa shape index (κ3) is 5.31. The number of hydrogen-bond acceptors (Lipinski definition) is 4. The molecule has 0 bridgehead atoms. The van der Waals surface area contributed by atoms with Crippen LogP contribution in [0, 0.1) is 6.92 Å². The lowest BCUT2D eigenvalue weighted by atomic mass is 9.96. The van der Waals surface area contributed by atoms with Crippen LogP contribution in [0.2, 0.25) is 0 Å². The Morgan fingerprint density at radius 1 is 1.13 bits per heavy atom. The Morgan fingerprint density at radius 2 is 1.87 bits per heavy atom. The molecule has 1 N–H and O–H groups in total. The first-order valence-corrected chi connectivity index (χ1v) is 13.1. The number of benzene rings is 2. The van der Waals surface area contributed by atoms with Crippen molar-refractivity contribution in [1.82, 2.24) is 19.3 Å². The first-order chi connectivity index (χ1) is 18.4. The number of ether oxygens (including phenoxy) is 1. The van der Waals surface area contributed by atoms with Gasteiger partial charge in [0.1, 0.15) is 0 Å². The monoisotopic (exact) mass is 510 g/mol. The lowest BCUT2D eigenvalue weighted by molar-refractivity contribution is 0.0662. The summed E-state index contributed by atoms with van der Waals surface area (Å²) in [7, 11) is 0. The van der Waals surface area contributed by atoms with Crippen molar-refractivity contribution >= 4 is 18.4 Å². The number of aryl methyl sites for hydroxylation is 1. The van der Waals surface area contributed by atoms with Gasteiger partial charge in [-0.1, -0.05) is 62.4 Å². The van der Waals surface area contributed by atoms with Gasteiger partial charge in [0, 0.05) is 30.5 Å². The number of amidine groups is 1. The van der Waals surface area contributed by atoms with Crippen molar-refractivity contribution in [3.8, 4) is 11.1 Å². The Balaban J connectivity index is 1.40. The van der Waals surface area contributed by atoms with Crippen LogP contribution in [-0.4, -0.2) is 45.1 Å². The number of nitrogens with one attached hydrogen (secondary N) is 1. The fourth-order valence-electron chi connectivity index (χ4n) is 4.98. The van der Waals surface area contributed by atoms with E-state index in [2.05, 4.69) is 64.7 Å². The van der Waals surface area contributed by atoms with Gasteiger partial charge in [-0.2, -0.15) is 5.10 Å². The van der Waals surface area contributed by atoms with Crippen LogP contribution in [0.1, 0.15) is 61.0 Å². The van der Waals surface area contributed by atoms with Crippen molar-refractivity contribution in [3.63, 3.8) is 0 Å². The van der Waals surface area contributed by atoms with Gasteiger partial charge in [-0.05, 0) is 49.1 Å². The largest absolute Gasteiger partial charge is 0.381 e. The van der Waals surface area contributed by atoms with Crippen LogP contribution in [0.25, 0.3) is 11.1 Å². The summed E-state index contributed by atoms with van der Waals surface area (Å²) in [5, 5.41) is 4.59. The highest BCUT2D eigenvalue weighted by atomic mass is 16.5. The maximum atomic E-state index is 12.9. The van der Waals surface area contributed by atoms with E-state index in [4.69, 9.17) is 9.73 Å². The molecule has 0 radical (unpaired) electrons. The van der Waals surface area contributed by atoms with Gasteiger partial charge in [-0.25, -0.2) is 14.8 Å². The Bertz CT molecular complexity index is 1500. The average Bonchev–Trinajstić information content (AvgIpc) is 3.53. The molecule has 0 unspecified atom stereocenters. The molecule has 0 atom stereocenters. The second-order valence-corrected chi connectivity index (χ2v) is 10.0.